The molecule has 1 amide bonds. The molecule has 1 aliphatic rings. The third-order valence-electron chi connectivity index (χ3n) is 8.98. The summed E-state index contributed by atoms with van der Waals surface area (Å²) < 4.78 is 31.2. The molecule has 3 heterocycles. The molecule has 266 valence electrons. The highest BCUT2D eigenvalue weighted by atomic mass is 16.6. The zero-order chi connectivity index (χ0) is 36.1. The first-order valence-electron chi connectivity index (χ1n) is 16.6. The molecule has 1 saturated heterocycles. The number of carbonyl (C=O) groups is 1. The number of fused-ring (bicyclic) bond motifs is 1. The molecule has 3 N–H and O–H groups in total. The van der Waals surface area contributed by atoms with E-state index in [1.807, 2.05) is 97.1 Å². The summed E-state index contributed by atoms with van der Waals surface area (Å²) in [4.78, 5) is 25.6. The molecule has 4 atom stereocenters. The SMILES string of the molecule is COc1ccc(C(OCC2OC(n3cnc4c(NC(=O)COc5ccccc5)ncnc43)C(O)C2O)(c2ccccc2)c2ccc(OC)cc2)cc1. The Labute approximate surface area is 299 Å². The molecule has 52 heavy (non-hydrogen) atoms. The van der Waals surface area contributed by atoms with Gasteiger partial charge in [0.05, 0.1) is 27.2 Å². The molecule has 1 fully saturated rings. The van der Waals surface area contributed by atoms with Gasteiger partial charge in [-0.15, -0.1) is 0 Å². The molecular weight excluding hydrogens is 666 g/mol. The van der Waals surface area contributed by atoms with Crippen LogP contribution in [0.5, 0.6) is 17.2 Å². The van der Waals surface area contributed by atoms with E-state index in [1.54, 1.807) is 26.4 Å². The predicted molar refractivity (Wildman–Crippen MR) is 190 cm³/mol. The summed E-state index contributed by atoms with van der Waals surface area (Å²) in [5.41, 5.74) is 1.81. The molecule has 4 aromatic carbocycles. The Bertz CT molecular complexity index is 2050. The lowest BCUT2D eigenvalue weighted by atomic mass is 9.80. The fourth-order valence-electron chi connectivity index (χ4n) is 6.34. The van der Waals surface area contributed by atoms with Crippen LogP contribution in [-0.2, 0) is 19.9 Å². The molecule has 6 aromatic rings. The number of nitrogens with zero attached hydrogens (tertiary/aromatic N) is 4. The Morgan fingerprint density at radius 2 is 1.37 bits per heavy atom. The number of benzene rings is 4. The number of carbonyl (C=O) groups excluding carboxylic acids is 1. The number of nitrogens with one attached hydrogen (secondary N) is 1. The van der Waals surface area contributed by atoms with Gasteiger partial charge in [-0.1, -0.05) is 72.8 Å². The summed E-state index contributed by atoms with van der Waals surface area (Å²) in [5, 5.41) is 25.4. The minimum atomic E-state index is -1.37. The third kappa shape index (κ3) is 6.77. The Hall–Kier alpha value is -5.86. The second-order valence-electron chi connectivity index (χ2n) is 12.1. The Balaban J connectivity index is 1.15. The Kier molecular flexibility index (Phi) is 10.1. The zero-order valence-corrected chi connectivity index (χ0v) is 28.4. The number of methoxy groups -OCH3 is 2. The number of imidazole rings is 1. The monoisotopic (exact) mass is 703 g/mol. The van der Waals surface area contributed by atoms with Gasteiger partial charge in [-0.05, 0) is 53.1 Å². The number of rotatable bonds is 13. The second kappa shape index (κ2) is 15.2. The molecule has 1 aliphatic heterocycles. The van der Waals surface area contributed by atoms with Crippen LogP contribution in [0.15, 0.2) is 122 Å². The van der Waals surface area contributed by atoms with Crippen LogP contribution in [0, 0.1) is 0 Å². The lowest BCUT2D eigenvalue weighted by Crippen LogP contribution is -2.39. The van der Waals surface area contributed by atoms with Gasteiger partial charge in [0.25, 0.3) is 5.91 Å². The molecule has 4 unspecified atom stereocenters. The van der Waals surface area contributed by atoms with E-state index in [1.165, 1.54) is 17.2 Å². The number of ether oxygens (including phenoxy) is 5. The normalized spacial score (nSPS) is 18.6. The predicted octanol–water partition coefficient (Wildman–Crippen LogP) is 4.49. The first kappa shape index (κ1) is 34.6. The fourth-order valence-corrected chi connectivity index (χ4v) is 6.34. The topological polar surface area (TPSA) is 159 Å². The van der Waals surface area contributed by atoms with E-state index in [4.69, 9.17) is 23.7 Å². The summed E-state index contributed by atoms with van der Waals surface area (Å²) in [5.74, 6) is 1.62. The van der Waals surface area contributed by atoms with Gasteiger partial charge in [-0.25, -0.2) is 15.0 Å². The summed E-state index contributed by atoms with van der Waals surface area (Å²) in [7, 11) is 3.21. The van der Waals surface area contributed by atoms with Gasteiger partial charge in [-0.2, -0.15) is 0 Å². The molecular formula is C39H37N5O8. The van der Waals surface area contributed by atoms with Crippen LogP contribution >= 0.6 is 0 Å². The van der Waals surface area contributed by atoms with Gasteiger partial charge in [0.15, 0.2) is 29.8 Å². The van der Waals surface area contributed by atoms with Crippen molar-refractivity contribution in [2.75, 3.05) is 32.8 Å². The highest BCUT2D eigenvalue weighted by Crippen LogP contribution is 2.43. The molecule has 13 nitrogen and oxygen atoms in total. The van der Waals surface area contributed by atoms with Gasteiger partial charge >= 0.3 is 0 Å². The van der Waals surface area contributed by atoms with Crippen LogP contribution in [0.1, 0.15) is 22.9 Å². The maximum Gasteiger partial charge on any atom is 0.263 e. The van der Waals surface area contributed by atoms with Crippen LogP contribution in [0.4, 0.5) is 5.82 Å². The van der Waals surface area contributed by atoms with Gasteiger partial charge in [-0.3, -0.25) is 9.36 Å². The molecule has 0 radical (unpaired) electrons. The van der Waals surface area contributed by atoms with Crippen molar-refractivity contribution in [2.45, 2.75) is 30.1 Å². The van der Waals surface area contributed by atoms with E-state index >= 15 is 0 Å². The summed E-state index contributed by atoms with van der Waals surface area (Å²) in [6, 6.07) is 33.9. The van der Waals surface area contributed by atoms with Crippen molar-refractivity contribution in [3.05, 3.63) is 139 Å². The minimum Gasteiger partial charge on any atom is -0.497 e. The Morgan fingerprint density at radius 1 is 0.769 bits per heavy atom. The molecule has 0 saturated carbocycles. The highest BCUT2D eigenvalue weighted by Gasteiger charge is 2.47. The average Bonchev–Trinajstić information content (AvgIpc) is 3.75. The molecule has 2 aromatic heterocycles. The number of anilines is 1. The third-order valence-corrected chi connectivity index (χ3v) is 8.98. The van der Waals surface area contributed by atoms with Crippen LogP contribution in [0.25, 0.3) is 11.2 Å². The standard InChI is InChI=1S/C39H37N5O8/c1-48-28-17-13-26(14-18-28)39(25-9-5-3-6-10-25,27-15-19-29(49-2)20-16-27)51-21-31-34(46)35(47)38(52-31)44-24-42-33-36(40-23-41-37(33)44)43-32(45)22-50-30-11-7-4-8-12-30/h3-20,23-24,31,34-35,38,46-47H,21-22H2,1-2H3,(H,40,41,43,45). The first-order valence-corrected chi connectivity index (χ1v) is 16.6. The number of para-hydroxylation sites is 1. The molecule has 7 rings (SSSR count). The summed E-state index contributed by atoms with van der Waals surface area (Å²) >= 11 is 0. The number of aliphatic hydroxyl groups is 2. The van der Waals surface area contributed by atoms with Gasteiger partial charge in [0, 0.05) is 0 Å². The van der Waals surface area contributed by atoms with Crippen LogP contribution < -0.4 is 19.5 Å². The zero-order valence-electron chi connectivity index (χ0n) is 28.4. The van der Waals surface area contributed by atoms with E-state index in [2.05, 4.69) is 20.3 Å². The van der Waals surface area contributed by atoms with Crippen molar-refractivity contribution < 1.29 is 38.7 Å². The van der Waals surface area contributed by atoms with Crippen molar-refractivity contribution in [2.24, 2.45) is 0 Å². The minimum absolute atomic E-state index is 0.119. The highest BCUT2D eigenvalue weighted by molar-refractivity contribution is 5.97. The summed E-state index contributed by atoms with van der Waals surface area (Å²) in [6.07, 6.45) is -2.06. The average molecular weight is 704 g/mol. The van der Waals surface area contributed by atoms with Crippen LogP contribution in [0.2, 0.25) is 0 Å². The van der Waals surface area contributed by atoms with E-state index < -0.39 is 36.0 Å². The number of amides is 1. The number of aliphatic hydroxyl groups excluding tert-OH is 2. The van der Waals surface area contributed by atoms with E-state index in [0.29, 0.717) is 17.2 Å². The number of aromatic nitrogens is 4. The molecule has 0 aliphatic carbocycles. The molecule has 0 bridgehead atoms. The van der Waals surface area contributed by atoms with E-state index in [0.717, 1.165) is 16.7 Å². The van der Waals surface area contributed by atoms with Gasteiger partial charge in [0.2, 0.25) is 0 Å². The van der Waals surface area contributed by atoms with Crippen molar-refractivity contribution in [3.63, 3.8) is 0 Å². The maximum absolute atomic E-state index is 12.7. The quantitative estimate of drug-likeness (QED) is 0.146. The van der Waals surface area contributed by atoms with Crippen molar-refractivity contribution in [1.82, 2.24) is 19.5 Å². The first-order chi connectivity index (χ1) is 25.4. The largest absolute Gasteiger partial charge is 0.497 e. The second-order valence-corrected chi connectivity index (χ2v) is 12.1. The van der Waals surface area contributed by atoms with Gasteiger partial charge in [0.1, 0.15) is 47.5 Å². The van der Waals surface area contributed by atoms with Crippen molar-refractivity contribution in [1.29, 1.82) is 0 Å². The number of hydrogen-bond donors (Lipinski definition) is 3. The maximum atomic E-state index is 12.7. The van der Waals surface area contributed by atoms with Crippen molar-refractivity contribution >= 4 is 22.9 Å². The molecule has 0 spiro atoms. The Morgan fingerprint density at radius 3 is 1.98 bits per heavy atom. The van der Waals surface area contributed by atoms with Crippen LogP contribution in [-0.4, -0.2) is 81.4 Å². The van der Waals surface area contributed by atoms with Crippen LogP contribution in [0.3, 0.4) is 0 Å². The summed E-state index contributed by atoms with van der Waals surface area (Å²) in [6.45, 7) is -0.363. The smallest absolute Gasteiger partial charge is 0.263 e. The van der Waals surface area contributed by atoms with Gasteiger partial charge < -0.3 is 39.2 Å². The lowest BCUT2D eigenvalue weighted by Gasteiger charge is -2.37. The number of hydrogen-bond acceptors (Lipinski definition) is 11. The lowest BCUT2D eigenvalue weighted by molar-refractivity contribution is -0.118. The fraction of sp³-hybridized carbons (Fsp3) is 0.231. The molecule has 13 heteroatoms. The van der Waals surface area contributed by atoms with Crippen molar-refractivity contribution in [3.8, 4) is 17.2 Å². The van der Waals surface area contributed by atoms with E-state index in [9.17, 15) is 15.0 Å². The van der Waals surface area contributed by atoms with E-state index in [-0.39, 0.29) is 30.2 Å².